The number of anilines is 1. The van der Waals surface area contributed by atoms with Crippen molar-refractivity contribution in [1.82, 2.24) is 9.55 Å². The first kappa shape index (κ1) is 18.3. The molecule has 0 aliphatic carbocycles. The summed E-state index contributed by atoms with van der Waals surface area (Å²) in [5.74, 6) is 0.374. The molecule has 0 radical (unpaired) electrons. The molecule has 0 amide bonds. The van der Waals surface area contributed by atoms with Crippen LogP contribution in [0.2, 0.25) is 0 Å². The Morgan fingerprint density at radius 2 is 1.86 bits per heavy atom. The number of ether oxygens (including phenoxy) is 2. The molecule has 0 fully saturated rings. The fourth-order valence-corrected chi connectivity index (χ4v) is 3.71. The molecule has 0 bridgehead atoms. The van der Waals surface area contributed by atoms with E-state index in [4.69, 9.17) is 14.5 Å². The van der Waals surface area contributed by atoms with Crippen LogP contribution in [0.25, 0.3) is 11.0 Å². The van der Waals surface area contributed by atoms with E-state index < -0.39 is 0 Å². The summed E-state index contributed by atoms with van der Waals surface area (Å²) in [4.78, 5) is 17.8. The van der Waals surface area contributed by atoms with E-state index in [9.17, 15) is 4.79 Å². The number of allylic oxidation sites excluding steroid dienone is 1. The summed E-state index contributed by atoms with van der Waals surface area (Å²) in [6, 6.07) is 15.7. The fourth-order valence-electron chi connectivity index (χ4n) is 3.71. The molecule has 1 atom stereocenters. The Labute approximate surface area is 163 Å². The number of aryl methyl sites for hydroxylation is 1. The van der Waals surface area contributed by atoms with E-state index >= 15 is 0 Å². The maximum atomic E-state index is 13.0. The first-order valence-electron chi connectivity index (χ1n) is 9.28. The fraction of sp³-hybridized carbons (Fsp3) is 0.273. The van der Waals surface area contributed by atoms with E-state index in [1.807, 2.05) is 43.3 Å². The number of carbonyl (C=O) groups is 1. The van der Waals surface area contributed by atoms with Gasteiger partial charge in [-0.1, -0.05) is 36.4 Å². The van der Waals surface area contributed by atoms with Gasteiger partial charge in [-0.2, -0.15) is 0 Å². The van der Waals surface area contributed by atoms with Crippen molar-refractivity contribution in [2.24, 2.45) is 0 Å². The zero-order valence-corrected chi connectivity index (χ0v) is 16.2. The summed E-state index contributed by atoms with van der Waals surface area (Å²) in [5.41, 5.74) is 5.33. The number of aromatic nitrogens is 2. The van der Waals surface area contributed by atoms with Gasteiger partial charge in [0.05, 0.1) is 29.3 Å². The molecule has 1 aliphatic heterocycles. The van der Waals surface area contributed by atoms with E-state index in [0.717, 1.165) is 33.8 Å². The van der Waals surface area contributed by atoms with E-state index in [2.05, 4.69) is 28.9 Å². The monoisotopic (exact) mass is 377 g/mol. The van der Waals surface area contributed by atoms with Crippen LogP contribution < -0.4 is 5.32 Å². The van der Waals surface area contributed by atoms with Crippen LogP contribution in [0.1, 0.15) is 24.1 Å². The highest BCUT2D eigenvalue weighted by Crippen LogP contribution is 2.40. The minimum absolute atomic E-state index is 0.212. The average molecular weight is 377 g/mol. The molecule has 3 aromatic rings. The zero-order valence-electron chi connectivity index (χ0n) is 16.2. The van der Waals surface area contributed by atoms with Crippen molar-refractivity contribution in [2.75, 3.05) is 25.6 Å². The van der Waals surface area contributed by atoms with Crippen LogP contribution in [0.4, 0.5) is 5.95 Å². The van der Waals surface area contributed by atoms with Crippen molar-refractivity contribution in [1.29, 1.82) is 0 Å². The number of hydrogen-bond donors (Lipinski definition) is 1. The Bertz CT molecular complexity index is 1070. The van der Waals surface area contributed by atoms with Gasteiger partial charge in [-0.05, 0) is 37.1 Å². The number of imidazole rings is 1. The normalized spacial score (nSPS) is 16.0. The molecule has 1 aromatic heterocycles. The van der Waals surface area contributed by atoms with E-state index in [1.165, 1.54) is 0 Å². The van der Waals surface area contributed by atoms with E-state index in [-0.39, 0.29) is 18.6 Å². The Kier molecular flexibility index (Phi) is 4.88. The van der Waals surface area contributed by atoms with Gasteiger partial charge in [-0.25, -0.2) is 9.78 Å². The smallest absolute Gasteiger partial charge is 0.338 e. The molecule has 1 N–H and O–H groups in total. The highest BCUT2D eigenvalue weighted by atomic mass is 16.6. The van der Waals surface area contributed by atoms with Gasteiger partial charge in [0.25, 0.3) is 0 Å². The first-order chi connectivity index (χ1) is 13.6. The number of carbonyl (C=O) groups excluding carboxylic acids is 1. The molecule has 4 rings (SSSR count). The van der Waals surface area contributed by atoms with Crippen LogP contribution in [-0.2, 0) is 14.3 Å². The largest absolute Gasteiger partial charge is 0.460 e. The summed E-state index contributed by atoms with van der Waals surface area (Å²) in [7, 11) is 1.58. The zero-order chi connectivity index (χ0) is 19.7. The SMILES string of the molecule is COCCOC(=O)C1=C(C)Nc2nc3ccccc3n2C1c1ccccc1C. The lowest BCUT2D eigenvalue weighted by atomic mass is 9.92. The molecule has 0 saturated carbocycles. The molecule has 0 saturated heterocycles. The molecule has 2 aromatic carbocycles. The van der Waals surface area contributed by atoms with Gasteiger partial charge in [-0.3, -0.25) is 4.57 Å². The average Bonchev–Trinajstić information content (AvgIpc) is 3.05. The molecule has 28 heavy (non-hydrogen) atoms. The number of esters is 1. The van der Waals surface area contributed by atoms with Crippen molar-refractivity contribution < 1.29 is 14.3 Å². The van der Waals surface area contributed by atoms with Gasteiger partial charge in [-0.15, -0.1) is 0 Å². The molecular weight excluding hydrogens is 354 g/mol. The molecule has 1 aliphatic rings. The minimum atomic E-state index is -0.348. The quantitative estimate of drug-likeness (QED) is 0.541. The van der Waals surface area contributed by atoms with Crippen LogP contribution in [0.15, 0.2) is 59.8 Å². The summed E-state index contributed by atoms with van der Waals surface area (Å²) in [6.07, 6.45) is 0. The van der Waals surface area contributed by atoms with E-state index in [0.29, 0.717) is 12.2 Å². The minimum Gasteiger partial charge on any atom is -0.460 e. The highest BCUT2D eigenvalue weighted by Gasteiger charge is 2.35. The molecular formula is C22H23N3O3. The molecule has 144 valence electrons. The van der Waals surface area contributed by atoms with E-state index in [1.54, 1.807) is 7.11 Å². The second kappa shape index (κ2) is 7.48. The molecule has 2 heterocycles. The van der Waals surface area contributed by atoms with Crippen molar-refractivity contribution in [3.63, 3.8) is 0 Å². The van der Waals surface area contributed by atoms with Crippen molar-refractivity contribution in [3.05, 3.63) is 70.9 Å². The van der Waals surface area contributed by atoms with Gasteiger partial charge < -0.3 is 14.8 Å². The Balaban J connectivity index is 1.89. The molecule has 0 spiro atoms. The van der Waals surface area contributed by atoms with Gasteiger partial charge >= 0.3 is 5.97 Å². The summed E-state index contributed by atoms with van der Waals surface area (Å²) in [5, 5.41) is 3.29. The Morgan fingerprint density at radius 1 is 1.11 bits per heavy atom. The van der Waals surface area contributed by atoms with Crippen LogP contribution in [-0.4, -0.2) is 35.8 Å². The molecule has 6 nitrogen and oxygen atoms in total. The lowest BCUT2D eigenvalue weighted by molar-refractivity contribution is -0.140. The third-order valence-electron chi connectivity index (χ3n) is 5.05. The van der Waals surface area contributed by atoms with Crippen LogP contribution in [0.3, 0.4) is 0 Å². The van der Waals surface area contributed by atoms with Gasteiger partial charge in [0.1, 0.15) is 6.61 Å². The number of nitrogens with one attached hydrogen (secondary N) is 1. The summed E-state index contributed by atoms with van der Waals surface area (Å²) in [6.45, 7) is 4.52. The van der Waals surface area contributed by atoms with Gasteiger partial charge in [0.15, 0.2) is 0 Å². The number of rotatable bonds is 5. The third kappa shape index (κ3) is 3.05. The van der Waals surface area contributed by atoms with Gasteiger partial charge in [0.2, 0.25) is 5.95 Å². The van der Waals surface area contributed by atoms with Crippen molar-refractivity contribution in [2.45, 2.75) is 19.9 Å². The first-order valence-corrected chi connectivity index (χ1v) is 9.28. The number of hydrogen-bond acceptors (Lipinski definition) is 5. The van der Waals surface area contributed by atoms with Crippen molar-refractivity contribution >= 4 is 23.0 Å². The van der Waals surface area contributed by atoms with Crippen LogP contribution in [0.5, 0.6) is 0 Å². The molecule has 1 unspecified atom stereocenters. The number of benzene rings is 2. The topological polar surface area (TPSA) is 65.4 Å². The number of para-hydroxylation sites is 2. The van der Waals surface area contributed by atoms with Gasteiger partial charge in [0, 0.05) is 12.8 Å². The number of nitrogens with zero attached hydrogens (tertiary/aromatic N) is 2. The lowest BCUT2D eigenvalue weighted by Gasteiger charge is -2.31. The van der Waals surface area contributed by atoms with Crippen LogP contribution >= 0.6 is 0 Å². The highest BCUT2D eigenvalue weighted by molar-refractivity contribution is 5.94. The predicted molar refractivity (Wildman–Crippen MR) is 108 cm³/mol. The standard InChI is InChI=1S/C22H23N3O3/c1-14-8-4-5-9-16(14)20-19(21(26)28-13-12-27-3)15(2)23-22-24-17-10-6-7-11-18(17)25(20)22/h4-11,20H,12-13H2,1-3H3,(H,23,24). The van der Waals surface area contributed by atoms with Crippen LogP contribution in [0, 0.1) is 6.92 Å². The lowest BCUT2D eigenvalue weighted by Crippen LogP contribution is -2.29. The predicted octanol–water partition coefficient (Wildman–Crippen LogP) is 3.82. The summed E-state index contributed by atoms with van der Waals surface area (Å²) >= 11 is 0. The Morgan fingerprint density at radius 3 is 2.64 bits per heavy atom. The maximum Gasteiger partial charge on any atom is 0.338 e. The molecule has 6 heteroatoms. The summed E-state index contributed by atoms with van der Waals surface area (Å²) < 4.78 is 12.6. The third-order valence-corrected chi connectivity index (χ3v) is 5.05. The second-order valence-electron chi connectivity index (χ2n) is 6.85. The maximum absolute atomic E-state index is 13.0. The number of methoxy groups -OCH3 is 1. The second-order valence-corrected chi connectivity index (χ2v) is 6.85. The van der Waals surface area contributed by atoms with Crippen molar-refractivity contribution in [3.8, 4) is 0 Å². The number of fused-ring (bicyclic) bond motifs is 3. The Hall–Kier alpha value is -3.12.